The first-order valence-electron chi connectivity index (χ1n) is 4.96. The summed E-state index contributed by atoms with van der Waals surface area (Å²) in [4.78, 5) is 8.39. The lowest BCUT2D eigenvalue weighted by Crippen LogP contribution is -2.07. The Balaban J connectivity index is 2.14. The van der Waals surface area contributed by atoms with E-state index in [0.29, 0.717) is 5.88 Å². The molecule has 2 aromatic rings. The molecule has 1 unspecified atom stereocenters. The molecule has 1 N–H and O–H groups in total. The zero-order valence-electron chi connectivity index (χ0n) is 9.18. The number of ether oxygens (including phenoxy) is 1. The van der Waals surface area contributed by atoms with E-state index in [-0.39, 0.29) is 6.04 Å². The summed E-state index contributed by atoms with van der Waals surface area (Å²) in [5.74, 6) is 0.603. The molecule has 0 aliphatic carbocycles. The third-order valence-corrected chi connectivity index (χ3v) is 3.12. The van der Waals surface area contributed by atoms with Gasteiger partial charge in [0.2, 0.25) is 5.88 Å². The number of pyridine rings is 1. The normalized spacial score (nSPS) is 12.1. The maximum atomic E-state index is 5.17. The second kappa shape index (κ2) is 4.94. The Labute approximate surface area is 98.3 Å². The second-order valence-electron chi connectivity index (χ2n) is 3.30. The molecule has 0 amide bonds. The van der Waals surface area contributed by atoms with Gasteiger partial charge < -0.3 is 10.1 Å². The molecule has 4 nitrogen and oxygen atoms in total. The number of aromatic nitrogens is 2. The topological polar surface area (TPSA) is 47.0 Å². The van der Waals surface area contributed by atoms with Crippen LogP contribution in [0.25, 0.3) is 0 Å². The summed E-state index contributed by atoms with van der Waals surface area (Å²) >= 11 is 1.63. The summed E-state index contributed by atoms with van der Waals surface area (Å²) < 4.78 is 5.17. The summed E-state index contributed by atoms with van der Waals surface area (Å²) in [5, 5.41) is 6.34. The number of anilines is 1. The average molecular weight is 235 g/mol. The van der Waals surface area contributed by atoms with Crippen LogP contribution in [0.3, 0.4) is 0 Å². The summed E-state index contributed by atoms with van der Waals surface area (Å²) in [7, 11) is 1.61. The second-order valence-corrected chi connectivity index (χ2v) is 4.22. The molecule has 0 aliphatic rings. The minimum absolute atomic E-state index is 0.151. The zero-order valence-corrected chi connectivity index (χ0v) is 9.99. The van der Waals surface area contributed by atoms with Crippen molar-refractivity contribution in [2.75, 3.05) is 12.4 Å². The van der Waals surface area contributed by atoms with E-state index in [4.69, 9.17) is 4.74 Å². The number of hydrogen-bond donors (Lipinski definition) is 1. The third kappa shape index (κ3) is 2.30. The largest absolute Gasteiger partial charge is 0.480 e. The molecule has 2 heterocycles. The Kier molecular flexibility index (Phi) is 3.36. The lowest BCUT2D eigenvalue weighted by Gasteiger charge is -2.14. The highest BCUT2D eigenvalue weighted by Crippen LogP contribution is 2.26. The first-order valence-corrected chi connectivity index (χ1v) is 5.84. The van der Waals surface area contributed by atoms with E-state index in [1.165, 1.54) is 0 Å². The molecule has 0 saturated heterocycles. The van der Waals surface area contributed by atoms with Crippen molar-refractivity contribution in [1.29, 1.82) is 0 Å². The van der Waals surface area contributed by atoms with Crippen LogP contribution >= 0.6 is 11.3 Å². The summed E-state index contributed by atoms with van der Waals surface area (Å²) in [5.41, 5.74) is 0.882. The van der Waals surface area contributed by atoms with Crippen LogP contribution in [-0.4, -0.2) is 17.1 Å². The number of methoxy groups -OCH3 is 1. The Hall–Kier alpha value is -1.62. The Bertz CT molecular complexity index is 444. The van der Waals surface area contributed by atoms with Gasteiger partial charge in [0.1, 0.15) is 5.01 Å². The molecule has 2 rings (SSSR count). The number of hydrogen-bond acceptors (Lipinski definition) is 5. The molecule has 0 aromatic carbocycles. The fourth-order valence-corrected chi connectivity index (χ4v) is 2.05. The van der Waals surface area contributed by atoms with Crippen molar-refractivity contribution in [2.24, 2.45) is 0 Å². The number of thiazole rings is 1. The summed E-state index contributed by atoms with van der Waals surface area (Å²) in [6, 6.07) is 3.97. The summed E-state index contributed by atoms with van der Waals surface area (Å²) in [6.45, 7) is 2.06. The van der Waals surface area contributed by atoms with Crippen LogP contribution in [0.5, 0.6) is 5.88 Å². The van der Waals surface area contributed by atoms with Gasteiger partial charge in [0.25, 0.3) is 0 Å². The molecule has 1 atom stereocenters. The van der Waals surface area contributed by atoms with Crippen molar-refractivity contribution in [2.45, 2.75) is 13.0 Å². The molecule has 2 aromatic heterocycles. The monoisotopic (exact) mass is 235 g/mol. The zero-order chi connectivity index (χ0) is 11.4. The van der Waals surface area contributed by atoms with Crippen molar-refractivity contribution in [3.8, 4) is 5.88 Å². The Morgan fingerprint density at radius 1 is 1.38 bits per heavy atom. The van der Waals surface area contributed by atoms with Gasteiger partial charge in [0, 0.05) is 17.8 Å². The highest BCUT2D eigenvalue weighted by atomic mass is 32.1. The fourth-order valence-electron chi connectivity index (χ4n) is 1.41. The highest BCUT2D eigenvalue weighted by Gasteiger charge is 2.10. The molecule has 0 saturated carbocycles. The van der Waals surface area contributed by atoms with E-state index in [1.807, 2.05) is 17.5 Å². The maximum absolute atomic E-state index is 5.17. The van der Waals surface area contributed by atoms with Gasteiger partial charge in [-0.3, -0.25) is 0 Å². The van der Waals surface area contributed by atoms with Crippen LogP contribution in [0.1, 0.15) is 18.0 Å². The predicted octanol–water partition coefficient (Wildman–Crippen LogP) is 2.72. The van der Waals surface area contributed by atoms with Crippen LogP contribution in [0.15, 0.2) is 29.9 Å². The van der Waals surface area contributed by atoms with Gasteiger partial charge in [-0.1, -0.05) is 0 Å². The maximum Gasteiger partial charge on any atom is 0.237 e. The van der Waals surface area contributed by atoms with Gasteiger partial charge >= 0.3 is 0 Å². The first kappa shape index (κ1) is 10.9. The van der Waals surface area contributed by atoms with Gasteiger partial charge in [0.15, 0.2) is 0 Å². The minimum atomic E-state index is 0.151. The molecule has 0 aliphatic heterocycles. The van der Waals surface area contributed by atoms with Gasteiger partial charge in [-0.2, -0.15) is 0 Å². The molecular weight excluding hydrogens is 222 g/mol. The van der Waals surface area contributed by atoms with E-state index in [0.717, 1.165) is 10.7 Å². The molecule has 16 heavy (non-hydrogen) atoms. The number of rotatable bonds is 4. The predicted molar refractivity (Wildman–Crippen MR) is 64.9 cm³/mol. The SMILES string of the molecule is COc1ncccc1NC(C)c1nccs1. The molecule has 0 spiro atoms. The van der Waals surface area contributed by atoms with Gasteiger partial charge in [-0.05, 0) is 19.1 Å². The molecular formula is C11H13N3OS. The highest BCUT2D eigenvalue weighted by molar-refractivity contribution is 7.09. The Morgan fingerprint density at radius 2 is 2.25 bits per heavy atom. The van der Waals surface area contributed by atoms with E-state index in [1.54, 1.807) is 30.8 Å². The Morgan fingerprint density at radius 3 is 2.94 bits per heavy atom. The lowest BCUT2D eigenvalue weighted by atomic mass is 10.3. The number of nitrogens with zero attached hydrogens (tertiary/aromatic N) is 2. The van der Waals surface area contributed by atoms with Crippen LogP contribution in [0, 0.1) is 0 Å². The van der Waals surface area contributed by atoms with Crippen molar-refractivity contribution in [3.05, 3.63) is 34.9 Å². The van der Waals surface area contributed by atoms with Crippen LogP contribution < -0.4 is 10.1 Å². The third-order valence-electron chi connectivity index (χ3n) is 2.16. The molecule has 0 radical (unpaired) electrons. The standard InChI is InChI=1S/C11H13N3OS/c1-8(11-13-6-7-16-11)14-9-4-3-5-12-10(9)15-2/h3-8,14H,1-2H3. The van der Waals surface area contributed by atoms with Gasteiger partial charge in [0.05, 0.1) is 18.8 Å². The van der Waals surface area contributed by atoms with E-state index >= 15 is 0 Å². The quantitative estimate of drug-likeness (QED) is 0.885. The van der Waals surface area contributed by atoms with Gasteiger partial charge in [-0.15, -0.1) is 11.3 Å². The average Bonchev–Trinajstić information content (AvgIpc) is 2.83. The molecule has 5 heteroatoms. The molecule has 0 bridgehead atoms. The van der Waals surface area contributed by atoms with Crippen molar-refractivity contribution < 1.29 is 4.74 Å². The van der Waals surface area contributed by atoms with E-state index in [2.05, 4.69) is 22.2 Å². The summed E-state index contributed by atoms with van der Waals surface area (Å²) in [6.07, 6.45) is 3.51. The van der Waals surface area contributed by atoms with Crippen LogP contribution in [0.2, 0.25) is 0 Å². The molecule has 0 fully saturated rings. The lowest BCUT2D eigenvalue weighted by molar-refractivity contribution is 0.399. The van der Waals surface area contributed by atoms with Gasteiger partial charge in [-0.25, -0.2) is 9.97 Å². The van der Waals surface area contributed by atoms with E-state index < -0.39 is 0 Å². The van der Waals surface area contributed by atoms with Crippen LogP contribution in [0.4, 0.5) is 5.69 Å². The first-order chi connectivity index (χ1) is 7.81. The van der Waals surface area contributed by atoms with Crippen LogP contribution in [-0.2, 0) is 0 Å². The van der Waals surface area contributed by atoms with Crippen molar-refractivity contribution >= 4 is 17.0 Å². The minimum Gasteiger partial charge on any atom is -0.480 e. The number of nitrogens with one attached hydrogen (secondary N) is 1. The smallest absolute Gasteiger partial charge is 0.237 e. The van der Waals surface area contributed by atoms with Crippen molar-refractivity contribution in [3.63, 3.8) is 0 Å². The van der Waals surface area contributed by atoms with E-state index in [9.17, 15) is 0 Å². The van der Waals surface area contributed by atoms with Crippen molar-refractivity contribution in [1.82, 2.24) is 9.97 Å². The molecule has 84 valence electrons. The fraction of sp³-hybridized carbons (Fsp3) is 0.273.